The third-order valence-electron chi connectivity index (χ3n) is 2.72. The highest BCUT2D eigenvalue weighted by Crippen LogP contribution is 2.37. The fraction of sp³-hybridized carbons (Fsp3) is 0.538. The maximum absolute atomic E-state index is 12.1. The first-order chi connectivity index (χ1) is 9.26. The minimum atomic E-state index is -2.17. The van der Waals surface area contributed by atoms with Crippen molar-refractivity contribution >= 4 is 23.5 Å². The van der Waals surface area contributed by atoms with Crippen molar-refractivity contribution in [3.8, 4) is 0 Å². The van der Waals surface area contributed by atoms with Gasteiger partial charge in [0.05, 0.1) is 18.6 Å². The van der Waals surface area contributed by atoms with Crippen molar-refractivity contribution in [2.45, 2.75) is 39.2 Å². The lowest BCUT2D eigenvalue weighted by atomic mass is 9.86. The van der Waals surface area contributed by atoms with Gasteiger partial charge in [0.15, 0.2) is 5.78 Å². The fourth-order valence-electron chi connectivity index (χ4n) is 2.00. The van der Waals surface area contributed by atoms with Crippen molar-refractivity contribution in [2.24, 2.45) is 0 Å². The highest BCUT2D eigenvalue weighted by molar-refractivity contribution is 6.13. The molecule has 20 heavy (non-hydrogen) atoms. The van der Waals surface area contributed by atoms with Gasteiger partial charge < -0.3 is 14.6 Å². The highest BCUT2D eigenvalue weighted by atomic mass is 16.6. The van der Waals surface area contributed by atoms with Gasteiger partial charge >= 0.3 is 11.9 Å². The number of esters is 2. The molecule has 0 bridgehead atoms. The fourth-order valence-corrected chi connectivity index (χ4v) is 2.00. The van der Waals surface area contributed by atoms with Gasteiger partial charge in [-0.05, 0) is 20.3 Å². The molecule has 0 aromatic carbocycles. The zero-order chi connectivity index (χ0) is 15.5. The second-order valence-corrected chi connectivity index (χ2v) is 4.51. The van der Waals surface area contributed by atoms with Crippen LogP contribution >= 0.6 is 0 Å². The average molecular weight is 284 g/mol. The molecular weight excluding hydrogens is 268 g/mol. The van der Waals surface area contributed by atoms with Gasteiger partial charge in [-0.2, -0.15) is 0 Å². The van der Waals surface area contributed by atoms with Crippen LogP contribution in [0.2, 0.25) is 0 Å². The van der Waals surface area contributed by atoms with Crippen molar-refractivity contribution in [1.29, 1.82) is 0 Å². The van der Waals surface area contributed by atoms with E-state index < -0.39 is 46.9 Å². The molecule has 110 valence electrons. The maximum atomic E-state index is 12.1. The monoisotopic (exact) mass is 284 g/mol. The van der Waals surface area contributed by atoms with Crippen molar-refractivity contribution in [3.63, 3.8) is 0 Å². The topological polar surface area (TPSA) is 107 Å². The Balaban J connectivity index is 3.32. The largest absolute Gasteiger partial charge is 0.501 e. The van der Waals surface area contributed by atoms with Crippen LogP contribution in [0.25, 0.3) is 0 Å². The van der Waals surface area contributed by atoms with Crippen LogP contribution in [0, 0.1) is 0 Å². The molecular formula is C13H16O7. The summed E-state index contributed by atoms with van der Waals surface area (Å²) in [5, 5.41) is 9.62. The number of ether oxygens (including phenoxy) is 2. The lowest BCUT2D eigenvalue weighted by molar-refractivity contribution is -0.175. The molecule has 0 aromatic heterocycles. The summed E-state index contributed by atoms with van der Waals surface area (Å²) in [6.07, 6.45) is -0.0405. The Bertz CT molecular complexity index is 503. The standard InChI is InChI=1S/C13H16O7/c1-4-5-19-12(18)13(6-7(2)14)9(8(3)15)10(16)11(17)20-13/h16H,4-6H2,1-3H3/t13-/m1/s1. The first kappa shape index (κ1) is 15.9. The van der Waals surface area contributed by atoms with Crippen molar-refractivity contribution in [1.82, 2.24) is 0 Å². The van der Waals surface area contributed by atoms with E-state index >= 15 is 0 Å². The van der Waals surface area contributed by atoms with Crippen molar-refractivity contribution in [2.75, 3.05) is 6.61 Å². The number of aliphatic hydroxyl groups is 1. The van der Waals surface area contributed by atoms with E-state index in [4.69, 9.17) is 9.47 Å². The third kappa shape index (κ3) is 2.71. The lowest BCUT2D eigenvalue weighted by Gasteiger charge is -2.26. The molecule has 1 rings (SSSR count). The van der Waals surface area contributed by atoms with E-state index in [-0.39, 0.29) is 6.61 Å². The minimum Gasteiger partial charge on any atom is -0.501 e. The maximum Gasteiger partial charge on any atom is 0.375 e. The number of aliphatic hydroxyl groups excluding tert-OH is 1. The number of carbonyl (C=O) groups excluding carboxylic acids is 4. The number of cyclic esters (lactones) is 1. The number of Topliss-reactive ketones (excluding diaryl/α,β-unsaturated/α-hetero) is 2. The van der Waals surface area contributed by atoms with E-state index in [1.807, 2.05) is 0 Å². The van der Waals surface area contributed by atoms with Gasteiger partial charge in [-0.15, -0.1) is 0 Å². The first-order valence-electron chi connectivity index (χ1n) is 6.11. The van der Waals surface area contributed by atoms with Gasteiger partial charge in [-0.25, -0.2) is 9.59 Å². The van der Waals surface area contributed by atoms with E-state index in [1.54, 1.807) is 6.92 Å². The molecule has 1 aliphatic heterocycles. The summed E-state index contributed by atoms with van der Waals surface area (Å²) in [6, 6.07) is 0. The molecule has 7 nitrogen and oxygen atoms in total. The van der Waals surface area contributed by atoms with E-state index in [0.29, 0.717) is 6.42 Å². The van der Waals surface area contributed by atoms with Crippen LogP contribution in [0.1, 0.15) is 33.6 Å². The summed E-state index contributed by atoms with van der Waals surface area (Å²) in [4.78, 5) is 46.5. The molecule has 1 aliphatic rings. The number of hydrogen-bond donors (Lipinski definition) is 1. The van der Waals surface area contributed by atoms with E-state index in [9.17, 15) is 24.3 Å². The molecule has 1 N–H and O–H groups in total. The van der Waals surface area contributed by atoms with Gasteiger partial charge in [0.25, 0.3) is 0 Å². The lowest BCUT2D eigenvalue weighted by Crippen LogP contribution is -2.46. The summed E-state index contributed by atoms with van der Waals surface area (Å²) in [7, 11) is 0. The van der Waals surface area contributed by atoms with E-state index in [1.165, 1.54) is 6.92 Å². The highest BCUT2D eigenvalue weighted by Gasteiger charge is 2.57. The SMILES string of the molecule is CCCOC(=O)[C@]1(CC(C)=O)OC(=O)C(O)=C1C(C)=O. The number of rotatable bonds is 6. The molecule has 0 fully saturated rings. The van der Waals surface area contributed by atoms with Crippen molar-refractivity contribution in [3.05, 3.63) is 11.3 Å². The average Bonchev–Trinajstić information content (AvgIpc) is 2.58. The zero-order valence-electron chi connectivity index (χ0n) is 11.5. The van der Waals surface area contributed by atoms with Gasteiger partial charge in [-0.1, -0.05) is 6.92 Å². The van der Waals surface area contributed by atoms with Gasteiger partial charge in [0.1, 0.15) is 5.78 Å². The Hall–Kier alpha value is -2.18. The number of ketones is 2. The Morgan fingerprint density at radius 1 is 1.30 bits per heavy atom. The van der Waals surface area contributed by atoms with Crippen LogP contribution < -0.4 is 0 Å². The Labute approximate surface area is 115 Å². The Morgan fingerprint density at radius 2 is 1.90 bits per heavy atom. The van der Waals surface area contributed by atoms with E-state index in [2.05, 4.69) is 0 Å². The molecule has 0 aliphatic carbocycles. The predicted molar refractivity (Wildman–Crippen MR) is 65.7 cm³/mol. The Kier molecular flexibility index (Phi) is 4.65. The third-order valence-corrected chi connectivity index (χ3v) is 2.72. The molecule has 0 unspecified atom stereocenters. The van der Waals surface area contributed by atoms with Gasteiger partial charge in [0.2, 0.25) is 11.4 Å². The summed E-state index contributed by atoms with van der Waals surface area (Å²) in [5.41, 5.74) is -2.70. The smallest absolute Gasteiger partial charge is 0.375 e. The quantitative estimate of drug-likeness (QED) is 0.712. The van der Waals surface area contributed by atoms with Crippen LogP contribution in [0.5, 0.6) is 0 Å². The van der Waals surface area contributed by atoms with Crippen molar-refractivity contribution < 1.29 is 33.8 Å². The van der Waals surface area contributed by atoms with Crippen LogP contribution in [0.3, 0.4) is 0 Å². The molecule has 7 heteroatoms. The summed E-state index contributed by atoms with van der Waals surface area (Å²) in [5.74, 6) is -4.42. The first-order valence-corrected chi connectivity index (χ1v) is 6.11. The molecule has 1 heterocycles. The molecule has 0 saturated carbocycles. The molecule has 0 spiro atoms. The van der Waals surface area contributed by atoms with Crippen LogP contribution in [-0.2, 0) is 28.7 Å². The molecule has 0 amide bonds. The normalized spacial score (nSPS) is 21.6. The van der Waals surface area contributed by atoms with E-state index in [0.717, 1.165) is 6.92 Å². The molecule has 0 saturated heterocycles. The van der Waals surface area contributed by atoms with Crippen LogP contribution in [0.4, 0.5) is 0 Å². The van der Waals surface area contributed by atoms with Crippen LogP contribution in [0.15, 0.2) is 11.3 Å². The predicted octanol–water partition coefficient (Wildman–Crippen LogP) is 0.615. The second kappa shape index (κ2) is 5.85. The Morgan fingerprint density at radius 3 is 2.35 bits per heavy atom. The molecule has 1 atom stereocenters. The molecule has 0 radical (unpaired) electrons. The van der Waals surface area contributed by atoms with Gasteiger partial charge in [0, 0.05) is 0 Å². The van der Waals surface area contributed by atoms with Gasteiger partial charge in [-0.3, -0.25) is 9.59 Å². The second-order valence-electron chi connectivity index (χ2n) is 4.51. The zero-order valence-corrected chi connectivity index (χ0v) is 11.5. The minimum absolute atomic E-state index is 0.0436. The summed E-state index contributed by atoms with van der Waals surface area (Å²) in [6.45, 7) is 4.04. The summed E-state index contributed by atoms with van der Waals surface area (Å²) >= 11 is 0. The summed E-state index contributed by atoms with van der Waals surface area (Å²) < 4.78 is 9.72. The number of hydrogen-bond acceptors (Lipinski definition) is 7. The van der Waals surface area contributed by atoms with Crippen LogP contribution in [-0.4, -0.2) is 40.8 Å². The number of carbonyl (C=O) groups is 4. The molecule has 0 aromatic rings.